The Morgan fingerprint density at radius 2 is 2.05 bits per heavy atom. The van der Waals surface area contributed by atoms with E-state index in [1.54, 1.807) is 25.3 Å². The summed E-state index contributed by atoms with van der Waals surface area (Å²) in [5.41, 5.74) is 1.35. The summed E-state index contributed by atoms with van der Waals surface area (Å²) in [6, 6.07) is 5.31. The van der Waals surface area contributed by atoms with Gasteiger partial charge in [0.2, 0.25) is 5.88 Å². The Kier molecular flexibility index (Phi) is 3.79. The van der Waals surface area contributed by atoms with Crippen LogP contribution in [0.3, 0.4) is 0 Å². The first-order valence-corrected chi connectivity index (χ1v) is 6.39. The van der Waals surface area contributed by atoms with Crippen LogP contribution in [0.2, 0.25) is 0 Å². The summed E-state index contributed by atoms with van der Waals surface area (Å²) in [6.45, 7) is 2.05. The first kappa shape index (κ1) is 13.5. The van der Waals surface area contributed by atoms with E-state index in [-0.39, 0.29) is 5.43 Å². The van der Waals surface area contributed by atoms with E-state index in [1.807, 2.05) is 19.0 Å². The fourth-order valence-electron chi connectivity index (χ4n) is 2.16. The minimum absolute atomic E-state index is 0.0331. The van der Waals surface area contributed by atoms with Crippen molar-refractivity contribution in [3.63, 3.8) is 0 Å². The maximum atomic E-state index is 12.6. The molecule has 0 aliphatic rings. The molecule has 0 atom stereocenters. The zero-order valence-corrected chi connectivity index (χ0v) is 11.8. The van der Waals surface area contributed by atoms with Crippen molar-refractivity contribution in [3.05, 3.63) is 34.0 Å². The highest BCUT2D eigenvalue weighted by atomic mass is 16.5. The van der Waals surface area contributed by atoms with Crippen LogP contribution < -0.4 is 15.1 Å². The molecule has 102 valence electrons. The predicted octanol–water partition coefficient (Wildman–Crippen LogP) is 2.82. The largest absolute Gasteiger partial charge is 0.497 e. The molecule has 4 heteroatoms. The first-order chi connectivity index (χ1) is 9.08. The molecule has 1 aromatic heterocycles. The molecule has 2 rings (SSSR count). The van der Waals surface area contributed by atoms with Gasteiger partial charge in [-0.05, 0) is 24.6 Å². The van der Waals surface area contributed by atoms with Gasteiger partial charge in [0, 0.05) is 14.1 Å². The van der Waals surface area contributed by atoms with Crippen LogP contribution in [-0.2, 0) is 6.42 Å². The Labute approximate surface area is 112 Å². The molecule has 0 aliphatic heterocycles. The third-order valence-corrected chi connectivity index (χ3v) is 3.08. The molecule has 0 spiro atoms. The summed E-state index contributed by atoms with van der Waals surface area (Å²) >= 11 is 0. The van der Waals surface area contributed by atoms with Crippen LogP contribution in [0.4, 0.5) is 5.88 Å². The molecule has 0 aliphatic carbocycles. The van der Waals surface area contributed by atoms with Crippen LogP contribution in [0.25, 0.3) is 11.0 Å². The van der Waals surface area contributed by atoms with Gasteiger partial charge in [-0.2, -0.15) is 0 Å². The van der Waals surface area contributed by atoms with Gasteiger partial charge in [0.15, 0.2) is 5.43 Å². The van der Waals surface area contributed by atoms with E-state index in [9.17, 15) is 4.79 Å². The van der Waals surface area contributed by atoms with Crippen molar-refractivity contribution in [2.24, 2.45) is 0 Å². The molecule has 2 aromatic rings. The Hall–Kier alpha value is -1.97. The average Bonchev–Trinajstić information content (AvgIpc) is 2.41. The number of hydrogen-bond donors (Lipinski definition) is 0. The second-order valence-corrected chi connectivity index (χ2v) is 4.72. The van der Waals surface area contributed by atoms with Crippen LogP contribution in [0.5, 0.6) is 5.75 Å². The fraction of sp³-hybridized carbons (Fsp3) is 0.400. The van der Waals surface area contributed by atoms with Crippen LogP contribution in [0.1, 0.15) is 18.9 Å². The number of benzene rings is 1. The minimum Gasteiger partial charge on any atom is -0.497 e. The average molecular weight is 261 g/mol. The normalized spacial score (nSPS) is 10.7. The Morgan fingerprint density at radius 1 is 1.32 bits per heavy atom. The number of ether oxygens (including phenoxy) is 1. The second kappa shape index (κ2) is 5.34. The van der Waals surface area contributed by atoms with E-state index >= 15 is 0 Å². The van der Waals surface area contributed by atoms with Gasteiger partial charge in [-0.15, -0.1) is 0 Å². The number of anilines is 1. The van der Waals surface area contributed by atoms with Crippen LogP contribution in [0.15, 0.2) is 27.4 Å². The van der Waals surface area contributed by atoms with Crippen LogP contribution in [0, 0.1) is 0 Å². The summed E-state index contributed by atoms with van der Waals surface area (Å²) in [5, 5.41) is 0.577. The zero-order chi connectivity index (χ0) is 14.0. The monoisotopic (exact) mass is 261 g/mol. The molecule has 1 aromatic carbocycles. The molecule has 0 bridgehead atoms. The van der Waals surface area contributed by atoms with Crippen molar-refractivity contribution in [2.75, 3.05) is 26.1 Å². The highest BCUT2D eigenvalue weighted by Gasteiger charge is 2.15. The molecule has 0 radical (unpaired) electrons. The van der Waals surface area contributed by atoms with Gasteiger partial charge in [0.1, 0.15) is 11.3 Å². The number of nitrogens with zero attached hydrogens (tertiary/aromatic N) is 1. The number of rotatable bonds is 4. The van der Waals surface area contributed by atoms with E-state index in [4.69, 9.17) is 9.15 Å². The lowest BCUT2D eigenvalue weighted by atomic mass is 10.1. The van der Waals surface area contributed by atoms with Crippen LogP contribution in [-0.4, -0.2) is 21.2 Å². The van der Waals surface area contributed by atoms with Gasteiger partial charge >= 0.3 is 0 Å². The third kappa shape index (κ3) is 2.43. The Balaban J connectivity index is 2.77. The summed E-state index contributed by atoms with van der Waals surface area (Å²) < 4.78 is 11.0. The molecule has 0 amide bonds. The van der Waals surface area contributed by atoms with E-state index in [0.29, 0.717) is 29.0 Å². The number of methoxy groups -OCH3 is 1. The van der Waals surface area contributed by atoms with Gasteiger partial charge in [-0.1, -0.05) is 13.3 Å². The molecule has 0 fully saturated rings. The molecule has 0 unspecified atom stereocenters. The summed E-state index contributed by atoms with van der Waals surface area (Å²) in [6.07, 6.45) is 1.62. The SMILES string of the molecule is CCCc1c(N(C)C)oc2ccc(OC)cc2c1=O. The van der Waals surface area contributed by atoms with Crippen molar-refractivity contribution in [1.29, 1.82) is 0 Å². The fourth-order valence-corrected chi connectivity index (χ4v) is 2.16. The van der Waals surface area contributed by atoms with Crippen molar-refractivity contribution >= 4 is 16.9 Å². The van der Waals surface area contributed by atoms with Gasteiger partial charge in [-0.3, -0.25) is 4.79 Å². The minimum atomic E-state index is 0.0331. The smallest absolute Gasteiger partial charge is 0.202 e. The van der Waals surface area contributed by atoms with Crippen molar-refractivity contribution in [2.45, 2.75) is 19.8 Å². The molecule has 1 heterocycles. The standard InChI is InChI=1S/C15H19NO3/c1-5-6-11-14(17)12-9-10(18-4)7-8-13(12)19-15(11)16(2)3/h7-9H,5-6H2,1-4H3. The Bertz CT molecular complexity index is 644. The highest BCUT2D eigenvalue weighted by Crippen LogP contribution is 2.25. The van der Waals surface area contributed by atoms with Crippen molar-refractivity contribution < 1.29 is 9.15 Å². The molecule has 0 N–H and O–H groups in total. The lowest BCUT2D eigenvalue weighted by Crippen LogP contribution is -2.18. The first-order valence-electron chi connectivity index (χ1n) is 6.39. The summed E-state index contributed by atoms with van der Waals surface area (Å²) in [5.74, 6) is 1.31. The van der Waals surface area contributed by atoms with Gasteiger partial charge in [0.05, 0.1) is 18.1 Å². The summed E-state index contributed by atoms with van der Waals surface area (Å²) in [4.78, 5) is 14.4. The maximum absolute atomic E-state index is 12.6. The molecule has 19 heavy (non-hydrogen) atoms. The van der Waals surface area contributed by atoms with E-state index in [1.165, 1.54) is 0 Å². The maximum Gasteiger partial charge on any atom is 0.202 e. The van der Waals surface area contributed by atoms with Crippen molar-refractivity contribution in [1.82, 2.24) is 0 Å². The van der Waals surface area contributed by atoms with E-state index < -0.39 is 0 Å². The molecular weight excluding hydrogens is 242 g/mol. The van der Waals surface area contributed by atoms with E-state index in [0.717, 1.165) is 12.0 Å². The number of fused-ring (bicyclic) bond motifs is 1. The Morgan fingerprint density at radius 3 is 2.63 bits per heavy atom. The predicted molar refractivity (Wildman–Crippen MR) is 77.4 cm³/mol. The lowest BCUT2D eigenvalue weighted by molar-refractivity contribution is 0.415. The van der Waals surface area contributed by atoms with Crippen LogP contribution >= 0.6 is 0 Å². The highest BCUT2D eigenvalue weighted by molar-refractivity contribution is 5.80. The number of hydrogen-bond acceptors (Lipinski definition) is 4. The zero-order valence-electron chi connectivity index (χ0n) is 11.8. The summed E-state index contributed by atoms with van der Waals surface area (Å²) in [7, 11) is 5.35. The van der Waals surface area contributed by atoms with Gasteiger partial charge < -0.3 is 14.1 Å². The van der Waals surface area contributed by atoms with Gasteiger partial charge in [0.25, 0.3) is 0 Å². The molecule has 0 saturated carbocycles. The lowest BCUT2D eigenvalue weighted by Gasteiger charge is -2.16. The molecular formula is C15H19NO3. The second-order valence-electron chi connectivity index (χ2n) is 4.72. The van der Waals surface area contributed by atoms with E-state index in [2.05, 4.69) is 6.92 Å². The van der Waals surface area contributed by atoms with Crippen molar-refractivity contribution in [3.8, 4) is 5.75 Å². The molecule has 0 saturated heterocycles. The topological polar surface area (TPSA) is 42.7 Å². The van der Waals surface area contributed by atoms with Gasteiger partial charge in [-0.25, -0.2) is 0 Å². The molecule has 4 nitrogen and oxygen atoms in total. The third-order valence-electron chi connectivity index (χ3n) is 3.08. The quantitative estimate of drug-likeness (QED) is 0.848.